The minimum absolute atomic E-state index is 0.119. The van der Waals surface area contributed by atoms with Crippen LogP contribution in [-0.4, -0.2) is 24.8 Å². The first-order valence-electron chi connectivity index (χ1n) is 5.82. The van der Waals surface area contributed by atoms with E-state index in [0.29, 0.717) is 0 Å². The van der Waals surface area contributed by atoms with Gasteiger partial charge in [-0.2, -0.15) is 0 Å². The van der Waals surface area contributed by atoms with E-state index in [1.807, 2.05) is 12.3 Å². The van der Waals surface area contributed by atoms with Crippen LogP contribution >= 0.6 is 0 Å². The van der Waals surface area contributed by atoms with Gasteiger partial charge in [-0.25, -0.2) is 0 Å². The number of hydrogen-bond acceptors (Lipinski definition) is 2. The van der Waals surface area contributed by atoms with Crippen LogP contribution in [0.3, 0.4) is 0 Å². The number of nitrogens with one attached hydrogen (secondary N) is 1. The predicted molar refractivity (Wildman–Crippen MR) is 67.6 cm³/mol. The van der Waals surface area contributed by atoms with E-state index in [1.165, 1.54) is 6.42 Å². The fraction of sp³-hybridized carbons (Fsp3) is 0.615. The number of rotatable bonds is 3. The Hall–Kier alpha value is -0.890. The highest BCUT2D eigenvalue weighted by molar-refractivity contribution is 5.71. The molecule has 0 aliphatic carbocycles. The molecule has 1 N–H and O–H groups in total. The highest BCUT2D eigenvalue weighted by atomic mass is 15.0. The lowest BCUT2D eigenvalue weighted by Gasteiger charge is -2.28. The topological polar surface area (TPSA) is 24.4 Å². The van der Waals surface area contributed by atoms with Crippen LogP contribution < -0.4 is 5.32 Å². The standard InChI is InChI=1S/C13H22N2/c1-3-10-15-13(2)9-7-5-4-6-8-11-14-12-13/h5-8,11,15H,3-4,9-10,12H2,1-2H3/b7-5-,8-6-,14-11?. The Labute approximate surface area is 93.2 Å². The van der Waals surface area contributed by atoms with Crippen LogP contribution in [0, 0.1) is 0 Å². The summed E-state index contributed by atoms with van der Waals surface area (Å²) in [6, 6.07) is 0. The van der Waals surface area contributed by atoms with Crippen molar-refractivity contribution >= 4 is 6.21 Å². The Morgan fingerprint density at radius 3 is 3.00 bits per heavy atom. The monoisotopic (exact) mass is 206 g/mol. The molecule has 0 amide bonds. The van der Waals surface area contributed by atoms with Crippen LogP contribution in [0.2, 0.25) is 0 Å². The molecule has 1 aliphatic heterocycles. The molecule has 1 unspecified atom stereocenters. The Kier molecular flexibility index (Phi) is 5.33. The van der Waals surface area contributed by atoms with Gasteiger partial charge in [0.1, 0.15) is 0 Å². The molecule has 0 saturated heterocycles. The van der Waals surface area contributed by atoms with Crippen molar-refractivity contribution < 1.29 is 0 Å². The zero-order valence-electron chi connectivity index (χ0n) is 9.87. The molecule has 0 saturated carbocycles. The van der Waals surface area contributed by atoms with Crippen LogP contribution in [0.4, 0.5) is 0 Å². The second-order valence-corrected chi connectivity index (χ2v) is 4.32. The minimum atomic E-state index is 0.119. The molecule has 15 heavy (non-hydrogen) atoms. The molecule has 2 heteroatoms. The number of hydrogen-bond donors (Lipinski definition) is 1. The van der Waals surface area contributed by atoms with Crippen molar-refractivity contribution in [1.29, 1.82) is 0 Å². The quantitative estimate of drug-likeness (QED) is 0.705. The predicted octanol–water partition coefficient (Wildman–Crippen LogP) is 2.72. The Balaban J connectivity index is 2.59. The highest BCUT2D eigenvalue weighted by Crippen LogP contribution is 2.12. The summed E-state index contributed by atoms with van der Waals surface area (Å²) in [7, 11) is 0. The molecule has 0 spiro atoms. The van der Waals surface area contributed by atoms with E-state index in [1.54, 1.807) is 0 Å². The largest absolute Gasteiger partial charge is 0.309 e. The van der Waals surface area contributed by atoms with Crippen molar-refractivity contribution in [3.63, 3.8) is 0 Å². The van der Waals surface area contributed by atoms with Gasteiger partial charge in [0.2, 0.25) is 0 Å². The summed E-state index contributed by atoms with van der Waals surface area (Å²) in [5.41, 5.74) is 0.119. The van der Waals surface area contributed by atoms with Crippen molar-refractivity contribution in [1.82, 2.24) is 5.32 Å². The first kappa shape index (κ1) is 12.2. The van der Waals surface area contributed by atoms with E-state index < -0.39 is 0 Å². The van der Waals surface area contributed by atoms with Gasteiger partial charge in [0.15, 0.2) is 0 Å². The van der Waals surface area contributed by atoms with Crippen molar-refractivity contribution in [2.75, 3.05) is 13.1 Å². The van der Waals surface area contributed by atoms with Gasteiger partial charge in [-0.3, -0.25) is 4.99 Å². The zero-order valence-corrected chi connectivity index (χ0v) is 9.87. The van der Waals surface area contributed by atoms with Gasteiger partial charge in [0, 0.05) is 11.8 Å². The van der Waals surface area contributed by atoms with Gasteiger partial charge in [-0.1, -0.05) is 25.2 Å². The molecule has 0 radical (unpaired) electrons. The van der Waals surface area contributed by atoms with Gasteiger partial charge in [0.25, 0.3) is 0 Å². The summed E-state index contributed by atoms with van der Waals surface area (Å²) >= 11 is 0. The maximum atomic E-state index is 4.43. The second-order valence-electron chi connectivity index (χ2n) is 4.32. The van der Waals surface area contributed by atoms with E-state index in [2.05, 4.69) is 42.4 Å². The lowest BCUT2D eigenvalue weighted by atomic mass is 9.97. The third kappa shape index (κ3) is 4.93. The first-order chi connectivity index (χ1) is 7.27. The zero-order chi connectivity index (χ0) is 11.0. The summed E-state index contributed by atoms with van der Waals surface area (Å²) in [6.07, 6.45) is 13.8. The van der Waals surface area contributed by atoms with Gasteiger partial charge < -0.3 is 5.32 Å². The molecule has 0 aromatic rings. The molecular formula is C13H22N2. The fourth-order valence-corrected chi connectivity index (χ4v) is 1.59. The molecular weight excluding hydrogens is 184 g/mol. The van der Waals surface area contributed by atoms with Gasteiger partial charge in [0.05, 0.1) is 6.54 Å². The van der Waals surface area contributed by atoms with Crippen molar-refractivity contribution in [2.45, 2.75) is 38.6 Å². The maximum Gasteiger partial charge on any atom is 0.0571 e. The molecule has 1 rings (SSSR count). The maximum absolute atomic E-state index is 4.43. The number of allylic oxidation sites excluding steroid dienone is 3. The second kappa shape index (κ2) is 6.57. The highest BCUT2D eigenvalue weighted by Gasteiger charge is 2.20. The molecule has 0 aromatic carbocycles. The average Bonchev–Trinajstić information content (AvgIpc) is 2.25. The fourth-order valence-electron chi connectivity index (χ4n) is 1.59. The number of aliphatic imine (C=N–C) groups is 1. The van der Waals surface area contributed by atoms with E-state index in [0.717, 1.165) is 25.9 Å². The molecule has 84 valence electrons. The SMILES string of the molecule is CCCNC1(C)C/C=C\C/C=C\C=NC1. The van der Waals surface area contributed by atoms with E-state index in [4.69, 9.17) is 0 Å². The average molecular weight is 206 g/mol. The molecule has 2 nitrogen and oxygen atoms in total. The van der Waals surface area contributed by atoms with E-state index in [9.17, 15) is 0 Å². The molecule has 0 bridgehead atoms. The summed E-state index contributed by atoms with van der Waals surface area (Å²) in [4.78, 5) is 4.43. The third-order valence-electron chi connectivity index (χ3n) is 2.58. The molecule has 1 atom stereocenters. The lowest BCUT2D eigenvalue weighted by molar-refractivity contribution is 0.369. The van der Waals surface area contributed by atoms with E-state index in [-0.39, 0.29) is 5.54 Å². The third-order valence-corrected chi connectivity index (χ3v) is 2.58. The van der Waals surface area contributed by atoms with Crippen LogP contribution in [0.5, 0.6) is 0 Å². The summed E-state index contributed by atoms with van der Waals surface area (Å²) in [5.74, 6) is 0. The number of nitrogens with zero attached hydrogens (tertiary/aromatic N) is 1. The Morgan fingerprint density at radius 2 is 2.20 bits per heavy atom. The summed E-state index contributed by atoms with van der Waals surface area (Å²) < 4.78 is 0. The van der Waals surface area contributed by atoms with Crippen LogP contribution in [0.1, 0.15) is 33.1 Å². The lowest BCUT2D eigenvalue weighted by Crippen LogP contribution is -2.45. The van der Waals surface area contributed by atoms with Crippen molar-refractivity contribution in [3.8, 4) is 0 Å². The van der Waals surface area contributed by atoms with Gasteiger partial charge >= 0.3 is 0 Å². The van der Waals surface area contributed by atoms with Gasteiger partial charge in [-0.05, 0) is 38.8 Å². The Bertz CT molecular complexity index is 253. The summed E-state index contributed by atoms with van der Waals surface area (Å²) in [5, 5.41) is 3.57. The normalized spacial score (nSPS) is 31.1. The molecule has 0 aromatic heterocycles. The molecule has 1 heterocycles. The van der Waals surface area contributed by atoms with Crippen LogP contribution in [0.15, 0.2) is 29.3 Å². The van der Waals surface area contributed by atoms with Crippen molar-refractivity contribution in [3.05, 3.63) is 24.3 Å². The summed E-state index contributed by atoms with van der Waals surface area (Å²) in [6.45, 7) is 6.35. The smallest absolute Gasteiger partial charge is 0.0571 e. The Morgan fingerprint density at radius 1 is 1.33 bits per heavy atom. The van der Waals surface area contributed by atoms with Crippen LogP contribution in [0.25, 0.3) is 0 Å². The van der Waals surface area contributed by atoms with E-state index >= 15 is 0 Å². The molecule has 1 aliphatic rings. The minimum Gasteiger partial charge on any atom is -0.309 e. The van der Waals surface area contributed by atoms with Gasteiger partial charge in [-0.15, -0.1) is 0 Å². The van der Waals surface area contributed by atoms with Crippen molar-refractivity contribution in [2.24, 2.45) is 4.99 Å². The van der Waals surface area contributed by atoms with Crippen LogP contribution in [-0.2, 0) is 0 Å². The first-order valence-corrected chi connectivity index (χ1v) is 5.82. The molecule has 0 fully saturated rings.